The SMILES string of the molecule is O=C1CN(c2c(OCc3ccccc3)cc3ccc(OCCCC(F)(F)F)cc3c2F)S(=O)(=O)N1. The van der Waals surface area contributed by atoms with E-state index in [0.717, 1.165) is 5.56 Å². The number of ether oxygens (including phenoxy) is 2. The number of carbonyl (C=O) groups excluding carboxylic acids is 1. The van der Waals surface area contributed by atoms with Crippen molar-refractivity contribution in [3.8, 4) is 11.5 Å². The van der Waals surface area contributed by atoms with Crippen LogP contribution in [-0.4, -0.2) is 33.7 Å². The molecule has 4 rings (SSSR count). The molecule has 1 saturated heterocycles. The summed E-state index contributed by atoms with van der Waals surface area (Å²) in [4.78, 5) is 11.8. The molecule has 1 amide bonds. The van der Waals surface area contributed by atoms with Crippen LogP contribution in [0.5, 0.6) is 11.5 Å². The van der Waals surface area contributed by atoms with Crippen molar-refractivity contribution in [3.05, 3.63) is 66.0 Å². The van der Waals surface area contributed by atoms with E-state index in [1.807, 2.05) is 6.07 Å². The predicted molar refractivity (Wildman–Crippen MR) is 120 cm³/mol. The topological polar surface area (TPSA) is 84.9 Å². The number of amides is 1. The Balaban J connectivity index is 1.70. The van der Waals surface area contributed by atoms with Crippen molar-refractivity contribution < 1.29 is 40.2 Å². The first-order chi connectivity index (χ1) is 16.5. The van der Waals surface area contributed by atoms with E-state index < -0.39 is 46.8 Å². The highest BCUT2D eigenvalue weighted by molar-refractivity contribution is 7.92. The maximum atomic E-state index is 15.8. The van der Waals surface area contributed by atoms with Gasteiger partial charge in [0.15, 0.2) is 5.82 Å². The Morgan fingerprint density at radius 3 is 2.43 bits per heavy atom. The number of fused-ring (bicyclic) bond motifs is 1. The number of halogens is 4. The molecule has 1 fully saturated rings. The number of nitrogens with one attached hydrogen (secondary N) is 1. The first-order valence-electron chi connectivity index (χ1n) is 10.5. The molecule has 1 heterocycles. The molecular formula is C23H20F4N2O5S. The third-order valence-electron chi connectivity index (χ3n) is 5.17. The van der Waals surface area contributed by atoms with Crippen LogP contribution in [0.1, 0.15) is 18.4 Å². The van der Waals surface area contributed by atoms with E-state index >= 15 is 4.39 Å². The molecule has 1 aliphatic heterocycles. The molecule has 7 nitrogen and oxygen atoms in total. The number of anilines is 1. The summed E-state index contributed by atoms with van der Waals surface area (Å²) < 4.78 is 91.2. The average molecular weight is 512 g/mol. The minimum Gasteiger partial charge on any atom is -0.494 e. The second kappa shape index (κ2) is 9.61. The molecule has 0 spiro atoms. The Labute approximate surface area is 198 Å². The van der Waals surface area contributed by atoms with E-state index in [2.05, 4.69) is 0 Å². The number of nitrogens with zero attached hydrogens (tertiary/aromatic N) is 1. The van der Waals surface area contributed by atoms with Gasteiger partial charge in [-0.25, -0.2) is 13.4 Å². The van der Waals surface area contributed by atoms with Gasteiger partial charge in [0.2, 0.25) is 0 Å². The lowest BCUT2D eigenvalue weighted by Crippen LogP contribution is -2.30. The molecule has 3 aromatic rings. The van der Waals surface area contributed by atoms with E-state index in [0.29, 0.717) is 9.69 Å². The van der Waals surface area contributed by atoms with E-state index in [1.54, 1.807) is 29.0 Å². The third-order valence-corrected chi connectivity index (χ3v) is 6.55. The zero-order valence-corrected chi connectivity index (χ0v) is 19.0. The maximum absolute atomic E-state index is 15.8. The number of hydrogen-bond acceptors (Lipinski definition) is 5. The van der Waals surface area contributed by atoms with E-state index in [9.17, 15) is 26.4 Å². The molecule has 0 atom stereocenters. The summed E-state index contributed by atoms with van der Waals surface area (Å²) in [5.74, 6) is -1.80. The summed E-state index contributed by atoms with van der Waals surface area (Å²) in [6, 6.07) is 14.6. The van der Waals surface area contributed by atoms with Crippen LogP contribution >= 0.6 is 0 Å². The normalized spacial score (nSPS) is 15.3. The van der Waals surface area contributed by atoms with Crippen LogP contribution in [0.25, 0.3) is 10.8 Å². The number of carbonyl (C=O) groups is 1. The van der Waals surface area contributed by atoms with Gasteiger partial charge in [-0.2, -0.15) is 21.6 Å². The van der Waals surface area contributed by atoms with Crippen LogP contribution in [0.4, 0.5) is 23.2 Å². The van der Waals surface area contributed by atoms with Crippen molar-refractivity contribution in [2.75, 3.05) is 17.5 Å². The Hall–Kier alpha value is -3.54. The van der Waals surface area contributed by atoms with Crippen molar-refractivity contribution >= 4 is 32.6 Å². The van der Waals surface area contributed by atoms with Gasteiger partial charge in [-0.15, -0.1) is 0 Å². The van der Waals surface area contributed by atoms with Crippen molar-refractivity contribution in [3.63, 3.8) is 0 Å². The van der Waals surface area contributed by atoms with Gasteiger partial charge in [0, 0.05) is 11.8 Å². The fourth-order valence-corrected chi connectivity index (χ4v) is 4.73. The van der Waals surface area contributed by atoms with Crippen LogP contribution in [0.2, 0.25) is 0 Å². The summed E-state index contributed by atoms with van der Waals surface area (Å²) in [6.07, 6.45) is -5.60. The molecule has 0 radical (unpaired) electrons. The molecule has 35 heavy (non-hydrogen) atoms. The minimum atomic E-state index is -4.35. The maximum Gasteiger partial charge on any atom is 0.389 e. The molecule has 1 aliphatic rings. The molecule has 0 bridgehead atoms. The van der Waals surface area contributed by atoms with Crippen LogP contribution in [-0.2, 0) is 21.6 Å². The lowest BCUT2D eigenvalue weighted by molar-refractivity contribution is -0.136. The van der Waals surface area contributed by atoms with E-state index in [1.165, 1.54) is 24.3 Å². The first kappa shape index (κ1) is 24.6. The lowest BCUT2D eigenvalue weighted by atomic mass is 10.1. The Bertz CT molecular complexity index is 1350. The van der Waals surface area contributed by atoms with E-state index in [-0.39, 0.29) is 36.5 Å². The van der Waals surface area contributed by atoms with Gasteiger partial charge in [-0.1, -0.05) is 36.4 Å². The van der Waals surface area contributed by atoms with Gasteiger partial charge in [0.1, 0.15) is 30.3 Å². The number of hydrogen-bond donors (Lipinski definition) is 1. The Kier molecular flexibility index (Phi) is 6.75. The quantitative estimate of drug-likeness (QED) is 0.356. The summed E-state index contributed by atoms with van der Waals surface area (Å²) in [5, 5.41) is 0.294. The standard InChI is InChI=1S/C23H20F4N2O5S/c24-21-18-12-17(33-10-4-9-23(25,26)27)8-7-16(18)11-19(34-14-15-5-2-1-3-6-15)22(21)29-13-20(30)28-35(29,31)32/h1-3,5-8,11-12H,4,9-10,13-14H2,(H,28,30). The highest BCUT2D eigenvalue weighted by atomic mass is 32.2. The summed E-state index contributed by atoms with van der Waals surface area (Å²) in [5.41, 5.74) is 0.293. The van der Waals surface area contributed by atoms with Crippen LogP contribution < -0.4 is 18.5 Å². The summed E-state index contributed by atoms with van der Waals surface area (Å²) >= 11 is 0. The smallest absolute Gasteiger partial charge is 0.389 e. The minimum absolute atomic E-state index is 0.00838. The van der Waals surface area contributed by atoms with Gasteiger partial charge in [-0.05, 0) is 35.6 Å². The molecule has 0 aliphatic carbocycles. The van der Waals surface area contributed by atoms with Crippen LogP contribution in [0, 0.1) is 5.82 Å². The van der Waals surface area contributed by atoms with Gasteiger partial charge in [0.05, 0.1) is 6.61 Å². The Morgan fingerprint density at radius 2 is 1.77 bits per heavy atom. The lowest BCUT2D eigenvalue weighted by Gasteiger charge is -2.21. The highest BCUT2D eigenvalue weighted by Crippen LogP contribution is 2.40. The molecule has 1 N–H and O–H groups in total. The Morgan fingerprint density at radius 1 is 1.03 bits per heavy atom. The second-order valence-corrected chi connectivity index (χ2v) is 9.39. The van der Waals surface area contributed by atoms with Gasteiger partial charge < -0.3 is 9.47 Å². The zero-order valence-electron chi connectivity index (χ0n) is 18.1. The van der Waals surface area contributed by atoms with Crippen molar-refractivity contribution in [2.45, 2.75) is 25.6 Å². The van der Waals surface area contributed by atoms with Crippen LogP contribution in [0.15, 0.2) is 54.6 Å². The van der Waals surface area contributed by atoms with Gasteiger partial charge in [-0.3, -0.25) is 4.79 Å². The monoisotopic (exact) mass is 512 g/mol. The van der Waals surface area contributed by atoms with Gasteiger partial charge in [0.25, 0.3) is 5.91 Å². The molecular weight excluding hydrogens is 492 g/mol. The van der Waals surface area contributed by atoms with E-state index in [4.69, 9.17) is 9.47 Å². The first-order valence-corrected chi connectivity index (χ1v) is 11.9. The van der Waals surface area contributed by atoms with Crippen LogP contribution in [0.3, 0.4) is 0 Å². The second-order valence-electron chi connectivity index (χ2n) is 7.80. The fourth-order valence-electron chi connectivity index (χ4n) is 3.57. The molecule has 0 unspecified atom stereocenters. The fraction of sp³-hybridized carbons (Fsp3) is 0.261. The van der Waals surface area contributed by atoms with Crippen molar-refractivity contribution in [1.82, 2.24) is 4.72 Å². The summed E-state index contributed by atoms with van der Waals surface area (Å²) in [7, 11) is -4.35. The third kappa shape index (κ3) is 5.76. The van der Waals surface area contributed by atoms with Crippen molar-refractivity contribution in [1.29, 1.82) is 0 Å². The van der Waals surface area contributed by atoms with Gasteiger partial charge >= 0.3 is 16.4 Å². The number of alkyl halides is 3. The molecule has 0 saturated carbocycles. The highest BCUT2D eigenvalue weighted by Gasteiger charge is 2.38. The molecule has 0 aromatic heterocycles. The van der Waals surface area contributed by atoms with Crippen molar-refractivity contribution in [2.24, 2.45) is 0 Å². The molecule has 3 aromatic carbocycles. The molecule has 12 heteroatoms. The number of rotatable bonds is 8. The number of benzene rings is 3. The summed E-state index contributed by atoms with van der Waals surface area (Å²) in [6.45, 7) is -0.870. The average Bonchev–Trinajstić information content (AvgIpc) is 3.07. The molecule has 186 valence electrons. The largest absolute Gasteiger partial charge is 0.494 e. The zero-order chi connectivity index (χ0) is 25.2. The predicted octanol–water partition coefficient (Wildman–Crippen LogP) is 4.46.